The minimum Gasteiger partial charge on any atom is -0.367 e. The summed E-state index contributed by atoms with van der Waals surface area (Å²) in [6, 6.07) is 6.77. The Morgan fingerprint density at radius 1 is 1.40 bits per heavy atom. The fourth-order valence-corrected chi connectivity index (χ4v) is 2.91. The van der Waals surface area contributed by atoms with Crippen LogP contribution in [0.1, 0.15) is 25.0 Å². The Hall–Kier alpha value is -0.700. The maximum Gasteiger partial charge on any atom is 0.126 e. The Kier molecular flexibility index (Phi) is 3.52. The van der Waals surface area contributed by atoms with Gasteiger partial charge in [0.15, 0.2) is 0 Å². The Morgan fingerprint density at radius 3 is 2.93 bits per heavy atom. The molecule has 0 radical (unpaired) electrons. The predicted molar refractivity (Wildman–Crippen MR) is 67.5 cm³/mol. The summed E-state index contributed by atoms with van der Waals surface area (Å²) in [5, 5.41) is 4.36. The zero-order valence-corrected chi connectivity index (χ0v) is 10.2. The lowest BCUT2D eigenvalue weighted by molar-refractivity contribution is 0.751. The number of rotatable bonds is 3. The summed E-state index contributed by atoms with van der Waals surface area (Å²) >= 11 is 1.99. The normalized spacial score (nSPS) is 25.5. The van der Waals surface area contributed by atoms with Crippen LogP contribution < -0.4 is 5.32 Å². The number of anilines is 1. The Labute approximate surface area is 95.9 Å². The number of thioether (sulfide) groups is 1. The molecular formula is C12H18N2S. The molecule has 1 aliphatic rings. The van der Waals surface area contributed by atoms with Crippen LogP contribution in [0.5, 0.6) is 0 Å². The second-order valence-corrected chi connectivity index (χ2v) is 5.31. The molecule has 0 unspecified atom stereocenters. The van der Waals surface area contributed by atoms with Crippen molar-refractivity contribution < 1.29 is 0 Å². The van der Waals surface area contributed by atoms with Crippen molar-refractivity contribution in [2.24, 2.45) is 0 Å². The van der Waals surface area contributed by atoms with Crippen LogP contribution in [0.2, 0.25) is 0 Å². The summed E-state index contributed by atoms with van der Waals surface area (Å²) in [6.07, 6.45) is 6.10. The van der Waals surface area contributed by atoms with Gasteiger partial charge in [-0.3, -0.25) is 0 Å². The highest BCUT2D eigenvalue weighted by molar-refractivity contribution is 7.99. The van der Waals surface area contributed by atoms with E-state index in [1.807, 2.05) is 24.8 Å². The smallest absolute Gasteiger partial charge is 0.126 e. The maximum atomic E-state index is 4.47. The van der Waals surface area contributed by atoms with E-state index in [1.54, 1.807) is 0 Å². The highest BCUT2D eigenvalue weighted by atomic mass is 32.2. The van der Waals surface area contributed by atoms with E-state index < -0.39 is 0 Å². The summed E-state index contributed by atoms with van der Waals surface area (Å²) in [5.74, 6) is 1.03. The third-order valence-electron chi connectivity index (χ3n) is 2.96. The molecule has 0 spiro atoms. The van der Waals surface area contributed by atoms with Crippen molar-refractivity contribution in [3.63, 3.8) is 0 Å². The molecule has 1 heterocycles. The molecule has 0 aliphatic heterocycles. The van der Waals surface area contributed by atoms with Gasteiger partial charge in [-0.2, -0.15) is 11.8 Å². The van der Waals surface area contributed by atoms with Gasteiger partial charge >= 0.3 is 0 Å². The molecule has 0 bridgehead atoms. The molecule has 1 fully saturated rings. The summed E-state index contributed by atoms with van der Waals surface area (Å²) < 4.78 is 0. The van der Waals surface area contributed by atoms with Gasteiger partial charge in [0.2, 0.25) is 0 Å². The molecule has 15 heavy (non-hydrogen) atoms. The standard InChI is InChI=1S/C12H18N2S/c1-9-4-3-5-12(13-9)14-10-6-7-11(8-10)15-2/h3-5,10-11H,6-8H2,1-2H3,(H,13,14)/t10-,11+/m0/s1. The number of aromatic nitrogens is 1. The van der Waals surface area contributed by atoms with E-state index in [2.05, 4.69) is 28.7 Å². The molecule has 0 amide bonds. The zero-order valence-electron chi connectivity index (χ0n) is 9.36. The number of hydrogen-bond donors (Lipinski definition) is 1. The molecule has 1 aliphatic carbocycles. The zero-order chi connectivity index (χ0) is 10.7. The van der Waals surface area contributed by atoms with Gasteiger partial charge in [0.1, 0.15) is 5.82 Å². The molecule has 2 rings (SSSR count). The lowest BCUT2D eigenvalue weighted by atomic mass is 10.2. The van der Waals surface area contributed by atoms with Gasteiger partial charge in [0.25, 0.3) is 0 Å². The van der Waals surface area contributed by atoms with Crippen LogP contribution >= 0.6 is 11.8 Å². The van der Waals surface area contributed by atoms with Crippen LogP contribution in [0, 0.1) is 6.92 Å². The van der Waals surface area contributed by atoms with Crippen LogP contribution in [0.4, 0.5) is 5.82 Å². The van der Waals surface area contributed by atoms with Gasteiger partial charge in [0.05, 0.1) is 0 Å². The monoisotopic (exact) mass is 222 g/mol. The summed E-state index contributed by atoms with van der Waals surface area (Å²) in [5.41, 5.74) is 1.08. The molecular weight excluding hydrogens is 204 g/mol. The van der Waals surface area contributed by atoms with Crippen molar-refractivity contribution in [1.82, 2.24) is 4.98 Å². The van der Waals surface area contributed by atoms with Crippen molar-refractivity contribution in [2.75, 3.05) is 11.6 Å². The Balaban J connectivity index is 1.92. The first kappa shape index (κ1) is 10.8. The third-order valence-corrected chi connectivity index (χ3v) is 4.05. The summed E-state index contributed by atoms with van der Waals surface area (Å²) in [6.45, 7) is 2.03. The summed E-state index contributed by atoms with van der Waals surface area (Å²) in [4.78, 5) is 4.47. The molecule has 1 aromatic heterocycles. The van der Waals surface area contributed by atoms with Gasteiger partial charge in [-0.15, -0.1) is 0 Å². The van der Waals surface area contributed by atoms with Gasteiger partial charge in [-0.25, -0.2) is 4.98 Å². The van der Waals surface area contributed by atoms with Crippen molar-refractivity contribution in [3.8, 4) is 0 Å². The topological polar surface area (TPSA) is 24.9 Å². The average Bonchev–Trinajstić information content (AvgIpc) is 2.65. The van der Waals surface area contributed by atoms with Crippen LogP contribution in [0.25, 0.3) is 0 Å². The van der Waals surface area contributed by atoms with Crippen LogP contribution in [0.3, 0.4) is 0 Å². The van der Waals surface area contributed by atoms with E-state index in [0.29, 0.717) is 6.04 Å². The highest BCUT2D eigenvalue weighted by Gasteiger charge is 2.23. The molecule has 0 aromatic carbocycles. The molecule has 3 heteroatoms. The first-order chi connectivity index (χ1) is 7.28. The first-order valence-electron chi connectivity index (χ1n) is 5.51. The molecule has 2 nitrogen and oxygen atoms in total. The first-order valence-corrected chi connectivity index (χ1v) is 6.79. The largest absolute Gasteiger partial charge is 0.367 e. The van der Waals surface area contributed by atoms with Crippen LogP contribution in [-0.2, 0) is 0 Å². The number of aryl methyl sites for hydroxylation is 1. The van der Waals surface area contributed by atoms with E-state index in [0.717, 1.165) is 16.8 Å². The average molecular weight is 222 g/mol. The minimum atomic E-state index is 0.622. The molecule has 1 N–H and O–H groups in total. The molecule has 82 valence electrons. The second-order valence-electron chi connectivity index (χ2n) is 4.18. The van der Waals surface area contributed by atoms with Crippen LogP contribution in [-0.4, -0.2) is 22.5 Å². The minimum absolute atomic E-state index is 0.622. The number of nitrogens with zero attached hydrogens (tertiary/aromatic N) is 1. The molecule has 2 atom stereocenters. The molecule has 1 saturated carbocycles. The number of pyridine rings is 1. The van der Waals surface area contributed by atoms with E-state index in [1.165, 1.54) is 19.3 Å². The van der Waals surface area contributed by atoms with E-state index in [9.17, 15) is 0 Å². The van der Waals surface area contributed by atoms with Crippen molar-refractivity contribution >= 4 is 17.6 Å². The fourth-order valence-electron chi connectivity index (χ4n) is 2.12. The van der Waals surface area contributed by atoms with Gasteiger partial charge < -0.3 is 5.32 Å². The Morgan fingerprint density at radius 2 is 2.27 bits per heavy atom. The predicted octanol–water partition coefficient (Wildman–Crippen LogP) is 3.09. The molecule has 0 saturated heterocycles. The SMILES string of the molecule is CS[C@@H]1CC[C@H](Nc2cccc(C)n2)C1. The van der Waals surface area contributed by atoms with E-state index in [-0.39, 0.29) is 0 Å². The Bertz CT molecular complexity index is 327. The fraction of sp³-hybridized carbons (Fsp3) is 0.583. The van der Waals surface area contributed by atoms with Gasteiger partial charge in [0, 0.05) is 17.0 Å². The van der Waals surface area contributed by atoms with E-state index >= 15 is 0 Å². The van der Waals surface area contributed by atoms with E-state index in [4.69, 9.17) is 0 Å². The second kappa shape index (κ2) is 4.88. The van der Waals surface area contributed by atoms with Crippen molar-refractivity contribution in [2.45, 2.75) is 37.5 Å². The highest BCUT2D eigenvalue weighted by Crippen LogP contribution is 2.29. The lowest BCUT2D eigenvalue weighted by Crippen LogP contribution is -2.16. The van der Waals surface area contributed by atoms with Gasteiger partial charge in [-0.05, 0) is 44.6 Å². The number of hydrogen-bond acceptors (Lipinski definition) is 3. The third kappa shape index (κ3) is 2.88. The molecule has 1 aromatic rings. The van der Waals surface area contributed by atoms with Crippen LogP contribution in [0.15, 0.2) is 18.2 Å². The summed E-state index contributed by atoms with van der Waals surface area (Å²) in [7, 11) is 0. The van der Waals surface area contributed by atoms with Crippen molar-refractivity contribution in [3.05, 3.63) is 23.9 Å². The lowest BCUT2D eigenvalue weighted by Gasteiger charge is -2.13. The maximum absolute atomic E-state index is 4.47. The quantitative estimate of drug-likeness (QED) is 0.850. The van der Waals surface area contributed by atoms with Gasteiger partial charge in [-0.1, -0.05) is 6.07 Å². The van der Waals surface area contributed by atoms with Crippen molar-refractivity contribution in [1.29, 1.82) is 0 Å². The number of nitrogens with one attached hydrogen (secondary N) is 1.